The van der Waals surface area contributed by atoms with E-state index in [9.17, 15) is 4.79 Å². The first-order chi connectivity index (χ1) is 9.84. The third kappa shape index (κ3) is 4.27. The van der Waals surface area contributed by atoms with Crippen molar-refractivity contribution in [2.75, 3.05) is 11.9 Å². The smallest absolute Gasteiger partial charge is 0.270 e. The first kappa shape index (κ1) is 15.0. The van der Waals surface area contributed by atoms with Crippen LogP contribution >= 0.6 is 0 Å². The van der Waals surface area contributed by atoms with Gasteiger partial charge in [0.2, 0.25) is 0 Å². The number of benzene rings is 1. The van der Waals surface area contributed by atoms with Gasteiger partial charge in [-0.05, 0) is 28.3 Å². The summed E-state index contributed by atoms with van der Waals surface area (Å²) in [5, 5.41) is 13.6. The number of anilines is 1. The molecule has 1 amide bonds. The standard InChI is InChI=1S/C14H19N5O2/c1-14(2,3)10-5-7-11(8-6-10)21-9-12(20)15-13-16-18-19(4)17-13/h5-8H,9H2,1-4H3,(H,15,17,20). The van der Waals surface area contributed by atoms with Crippen LogP contribution in [0.5, 0.6) is 5.75 Å². The van der Waals surface area contributed by atoms with Gasteiger partial charge in [-0.3, -0.25) is 10.1 Å². The van der Waals surface area contributed by atoms with E-state index >= 15 is 0 Å². The number of nitrogens with zero attached hydrogens (tertiary/aromatic N) is 4. The molecule has 0 atom stereocenters. The number of aryl methyl sites for hydroxylation is 1. The highest BCUT2D eigenvalue weighted by Crippen LogP contribution is 2.24. The Balaban J connectivity index is 1.86. The lowest BCUT2D eigenvalue weighted by molar-refractivity contribution is -0.118. The summed E-state index contributed by atoms with van der Waals surface area (Å²) in [5.41, 5.74) is 1.30. The monoisotopic (exact) mass is 289 g/mol. The van der Waals surface area contributed by atoms with Crippen molar-refractivity contribution in [3.05, 3.63) is 29.8 Å². The summed E-state index contributed by atoms with van der Waals surface area (Å²) in [6.07, 6.45) is 0. The number of rotatable bonds is 4. The molecule has 0 fully saturated rings. The molecule has 21 heavy (non-hydrogen) atoms. The van der Waals surface area contributed by atoms with Gasteiger partial charge >= 0.3 is 0 Å². The maximum atomic E-state index is 11.7. The van der Waals surface area contributed by atoms with Gasteiger partial charge in [-0.25, -0.2) is 0 Å². The lowest BCUT2D eigenvalue weighted by atomic mass is 9.87. The second-order valence-corrected chi connectivity index (χ2v) is 5.71. The van der Waals surface area contributed by atoms with Crippen LogP contribution in [0.15, 0.2) is 24.3 Å². The van der Waals surface area contributed by atoms with E-state index in [0.717, 1.165) is 0 Å². The minimum Gasteiger partial charge on any atom is -0.484 e. The van der Waals surface area contributed by atoms with Gasteiger partial charge in [0, 0.05) is 0 Å². The minimum absolute atomic E-state index is 0.0908. The van der Waals surface area contributed by atoms with E-state index in [1.807, 2.05) is 24.3 Å². The zero-order valence-electron chi connectivity index (χ0n) is 12.6. The van der Waals surface area contributed by atoms with Crippen LogP contribution in [0.3, 0.4) is 0 Å². The summed E-state index contributed by atoms with van der Waals surface area (Å²) < 4.78 is 5.42. The number of ether oxygens (including phenoxy) is 1. The van der Waals surface area contributed by atoms with Crippen LogP contribution in [0, 0.1) is 0 Å². The molecule has 1 aromatic heterocycles. The lowest BCUT2D eigenvalue weighted by Crippen LogP contribution is -2.21. The molecule has 0 spiro atoms. The molecule has 0 aliphatic carbocycles. The molecular weight excluding hydrogens is 270 g/mol. The molecule has 0 radical (unpaired) electrons. The fraction of sp³-hybridized carbons (Fsp3) is 0.429. The number of aromatic nitrogens is 4. The van der Waals surface area contributed by atoms with E-state index in [-0.39, 0.29) is 23.9 Å². The second kappa shape index (κ2) is 5.90. The topological polar surface area (TPSA) is 81.9 Å². The fourth-order valence-electron chi connectivity index (χ4n) is 1.69. The van der Waals surface area contributed by atoms with Gasteiger partial charge in [-0.1, -0.05) is 38.0 Å². The molecule has 2 aromatic rings. The Morgan fingerprint density at radius 3 is 2.48 bits per heavy atom. The van der Waals surface area contributed by atoms with Crippen molar-refractivity contribution in [2.24, 2.45) is 7.05 Å². The van der Waals surface area contributed by atoms with Crippen LogP contribution in [0.25, 0.3) is 0 Å². The number of hydrogen-bond acceptors (Lipinski definition) is 5. The molecule has 0 aliphatic heterocycles. The van der Waals surface area contributed by atoms with Crippen molar-refractivity contribution < 1.29 is 9.53 Å². The summed E-state index contributed by atoms with van der Waals surface area (Å²) in [5.74, 6) is 0.474. The number of carbonyl (C=O) groups excluding carboxylic acids is 1. The molecule has 0 saturated carbocycles. The Morgan fingerprint density at radius 2 is 1.95 bits per heavy atom. The number of hydrogen-bond donors (Lipinski definition) is 1. The van der Waals surface area contributed by atoms with Crippen molar-refractivity contribution in [3.8, 4) is 5.75 Å². The lowest BCUT2D eigenvalue weighted by Gasteiger charge is -2.19. The normalized spacial score (nSPS) is 11.2. The van der Waals surface area contributed by atoms with Gasteiger partial charge in [0.1, 0.15) is 5.75 Å². The molecular formula is C14H19N5O2. The van der Waals surface area contributed by atoms with E-state index in [4.69, 9.17) is 4.74 Å². The maximum absolute atomic E-state index is 11.7. The molecule has 2 rings (SSSR count). The Bertz CT molecular complexity index is 613. The molecule has 0 saturated heterocycles. The summed E-state index contributed by atoms with van der Waals surface area (Å²) in [6.45, 7) is 6.33. The van der Waals surface area contributed by atoms with Gasteiger partial charge in [0.15, 0.2) is 6.61 Å². The highest BCUT2D eigenvalue weighted by Gasteiger charge is 2.13. The first-order valence-corrected chi connectivity index (χ1v) is 6.62. The molecule has 1 N–H and O–H groups in total. The number of carbonyl (C=O) groups is 1. The van der Waals surface area contributed by atoms with Gasteiger partial charge in [0.25, 0.3) is 11.9 Å². The van der Waals surface area contributed by atoms with Crippen LogP contribution in [0.1, 0.15) is 26.3 Å². The van der Waals surface area contributed by atoms with Crippen LogP contribution in [0.2, 0.25) is 0 Å². The minimum atomic E-state index is -0.331. The van der Waals surface area contributed by atoms with Gasteiger partial charge < -0.3 is 4.74 Å². The molecule has 0 unspecified atom stereocenters. The van der Waals surface area contributed by atoms with Gasteiger partial charge in [0.05, 0.1) is 7.05 Å². The van der Waals surface area contributed by atoms with Crippen LogP contribution in [0.4, 0.5) is 5.95 Å². The van der Waals surface area contributed by atoms with E-state index in [1.54, 1.807) is 7.05 Å². The largest absolute Gasteiger partial charge is 0.484 e. The molecule has 112 valence electrons. The average molecular weight is 289 g/mol. The third-order valence-electron chi connectivity index (χ3n) is 2.85. The van der Waals surface area contributed by atoms with E-state index < -0.39 is 0 Å². The zero-order chi connectivity index (χ0) is 15.5. The van der Waals surface area contributed by atoms with Crippen molar-refractivity contribution >= 4 is 11.9 Å². The number of amides is 1. The maximum Gasteiger partial charge on any atom is 0.270 e. The second-order valence-electron chi connectivity index (χ2n) is 5.71. The summed E-state index contributed by atoms with van der Waals surface area (Å²) in [7, 11) is 1.62. The molecule has 7 heteroatoms. The number of tetrazole rings is 1. The van der Waals surface area contributed by atoms with Crippen molar-refractivity contribution in [1.29, 1.82) is 0 Å². The molecule has 1 heterocycles. The summed E-state index contributed by atoms with van der Waals surface area (Å²) in [4.78, 5) is 12.9. The highest BCUT2D eigenvalue weighted by molar-refractivity contribution is 5.90. The predicted octanol–water partition coefficient (Wildman–Crippen LogP) is 1.53. The van der Waals surface area contributed by atoms with Crippen LogP contribution < -0.4 is 10.1 Å². The van der Waals surface area contributed by atoms with Crippen molar-refractivity contribution in [3.63, 3.8) is 0 Å². The van der Waals surface area contributed by atoms with Crippen molar-refractivity contribution in [2.45, 2.75) is 26.2 Å². The summed E-state index contributed by atoms with van der Waals surface area (Å²) in [6, 6.07) is 7.71. The van der Waals surface area contributed by atoms with E-state index in [0.29, 0.717) is 5.75 Å². The Labute approximate surface area is 123 Å². The predicted molar refractivity (Wildman–Crippen MR) is 78.1 cm³/mol. The van der Waals surface area contributed by atoms with Crippen LogP contribution in [-0.4, -0.2) is 32.7 Å². The number of nitrogens with one attached hydrogen (secondary N) is 1. The Morgan fingerprint density at radius 1 is 1.29 bits per heavy atom. The van der Waals surface area contributed by atoms with E-state index in [1.165, 1.54) is 10.4 Å². The zero-order valence-corrected chi connectivity index (χ0v) is 12.6. The Hall–Kier alpha value is -2.44. The fourth-order valence-corrected chi connectivity index (χ4v) is 1.69. The van der Waals surface area contributed by atoms with Crippen molar-refractivity contribution in [1.82, 2.24) is 20.2 Å². The first-order valence-electron chi connectivity index (χ1n) is 6.62. The van der Waals surface area contributed by atoms with Gasteiger partial charge in [-0.15, -0.1) is 5.10 Å². The summed E-state index contributed by atoms with van der Waals surface area (Å²) >= 11 is 0. The van der Waals surface area contributed by atoms with E-state index in [2.05, 4.69) is 41.5 Å². The van der Waals surface area contributed by atoms with Crippen LogP contribution in [-0.2, 0) is 17.3 Å². The quantitative estimate of drug-likeness (QED) is 0.923. The molecule has 7 nitrogen and oxygen atoms in total. The SMILES string of the molecule is Cn1nnc(NC(=O)COc2ccc(C(C)(C)C)cc2)n1. The van der Waals surface area contributed by atoms with Gasteiger partial charge in [-0.2, -0.15) is 4.80 Å². The highest BCUT2D eigenvalue weighted by atomic mass is 16.5. The molecule has 1 aromatic carbocycles. The average Bonchev–Trinajstić information content (AvgIpc) is 2.81. The molecule has 0 aliphatic rings. The Kier molecular flexibility index (Phi) is 4.21. The third-order valence-corrected chi connectivity index (χ3v) is 2.85. The molecule has 0 bridgehead atoms.